The van der Waals surface area contributed by atoms with E-state index in [-0.39, 0.29) is 37.2 Å². The van der Waals surface area contributed by atoms with Crippen LogP contribution in [0.4, 0.5) is 13.2 Å². The summed E-state index contributed by atoms with van der Waals surface area (Å²) < 4.78 is 36.4. The average molecular weight is 306 g/mol. The van der Waals surface area contributed by atoms with Crippen molar-refractivity contribution in [1.82, 2.24) is 9.80 Å². The van der Waals surface area contributed by atoms with Gasteiger partial charge in [-0.15, -0.1) is 0 Å². The number of amides is 2. The van der Waals surface area contributed by atoms with Gasteiger partial charge in [0.25, 0.3) is 0 Å². The van der Waals surface area contributed by atoms with Crippen LogP contribution in [0.1, 0.15) is 45.4 Å². The van der Waals surface area contributed by atoms with Gasteiger partial charge in [-0.05, 0) is 32.1 Å². The second-order valence-electron chi connectivity index (χ2n) is 5.72. The molecule has 21 heavy (non-hydrogen) atoms. The topological polar surface area (TPSA) is 40.6 Å². The fraction of sp³-hybridized carbons (Fsp3) is 0.857. The molecule has 2 atom stereocenters. The highest BCUT2D eigenvalue weighted by atomic mass is 19.4. The lowest BCUT2D eigenvalue weighted by Crippen LogP contribution is -2.62. The quantitative estimate of drug-likeness (QED) is 0.732. The van der Waals surface area contributed by atoms with Gasteiger partial charge in [0.1, 0.15) is 12.1 Å². The summed E-state index contributed by atoms with van der Waals surface area (Å²) in [5.74, 6) is -0.138. The normalized spacial score (nSPS) is 26.5. The fourth-order valence-corrected chi connectivity index (χ4v) is 3.23. The molecular formula is C14H21F3N2O2. The van der Waals surface area contributed by atoms with E-state index in [1.54, 1.807) is 4.90 Å². The van der Waals surface area contributed by atoms with E-state index >= 15 is 0 Å². The van der Waals surface area contributed by atoms with E-state index in [1.165, 1.54) is 4.90 Å². The summed E-state index contributed by atoms with van der Waals surface area (Å²) in [5, 5.41) is 0. The van der Waals surface area contributed by atoms with Crippen molar-refractivity contribution in [1.29, 1.82) is 0 Å². The molecule has 0 spiro atoms. The Balaban J connectivity index is 1.96. The molecule has 120 valence electrons. The molecule has 2 rings (SSSR count). The van der Waals surface area contributed by atoms with Gasteiger partial charge in [0.2, 0.25) is 11.8 Å². The summed E-state index contributed by atoms with van der Waals surface area (Å²) in [6, 6.07) is -0.888. The van der Waals surface area contributed by atoms with Gasteiger partial charge in [-0.25, -0.2) is 0 Å². The van der Waals surface area contributed by atoms with Gasteiger partial charge in [0.05, 0.1) is 0 Å². The summed E-state index contributed by atoms with van der Waals surface area (Å²) in [4.78, 5) is 27.9. The highest BCUT2D eigenvalue weighted by molar-refractivity contribution is 5.97. The smallest absolute Gasteiger partial charge is 0.329 e. The second kappa shape index (κ2) is 6.23. The molecule has 4 nitrogen and oxygen atoms in total. The minimum atomic E-state index is -4.16. The molecule has 7 heteroatoms. The van der Waals surface area contributed by atoms with Crippen molar-refractivity contribution in [3.8, 4) is 0 Å². The predicted octanol–water partition coefficient (Wildman–Crippen LogP) is 2.33. The zero-order valence-electron chi connectivity index (χ0n) is 12.2. The standard InChI is InChI=1S/C14H21F3N2O2/c1-2-10-12(20)19-9-5-6-11(19)13(21)18(10)8-4-3-7-14(15,16)17/h10-11H,2-9H2,1H3. The summed E-state index contributed by atoms with van der Waals surface area (Å²) in [7, 11) is 0. The number of carbonyl (C=O) groups excluding carboxylic acids is 2. The number of hydrogen-bond acceptors (Lipinski definition) is 2. The van der Waals surface area contributed by atoms with E-state index < -0.39 is 18.6 Å². The second-order valence-corrected chi connectivity index (χ2v) is 5.72. The molecule has 2 fully saturated rings. The minimum Gasteiger partial charge on any atom is -0.329 e. The monoisotopic (exact) mass is 306 g/mol. The van der Waals surface area contributed by atoms with Crippen LogP contribution in [-0.4, -0.2) is 53.0 Å². The third-order valence-corrected chi connectivity index (χ3v) is 4.26. The molecule has 0 aromatic rings. The number of alkyl halides is 3. The van der Waals surface area contributed by atoms with Crippen molar-refractivity contribution < 1.29 is 22.8 Å². The molecule has 2 saturated heterocycles. The molecule has 2 aliphatic rings. The van der Waals surface area contributed by atoms with Crippen LogP contribution in [0.25, 0.3) is 0 Å². The lowest BCUT2D eigenvalue weighted by molar-refractivity contribution is -0.159. The number of unbranched alkanes of at least 4 members (excludes halogenated alkanes) is 1. The zero-order valence-corrected chi connectivity index (χ0v) is 12.2. The Morgan fingerprint density at radius 2 is 1.90 bits per heavy atom. The van der Waals surface area contributed by atoms with Crippen molar-refractivity contribution in [3.63, 3.8) is 0 Å². The summed E-state index contributed by atoms with van der Waals surface area (Å²) in [6.07, 6.45) is -2.73. The lowest BCUT2D eigenvalue weighted by atomic mass is 10.0. The lowest BCUT2D eigenvalue weighted by Gasteiger charge is -2.42. The molecule has 2 amide bonds. The van der Waals surface area contributed by atoms with E-state index in [2.05, 4.69) is 0 Å². The summed E-state index contributed by atoms with van der Waals surface area (Å²) >= 11 is 0. The highest BCUT2D eigenvalue weighted by Crippen LogP contribution is 2.29. The van der Waals surface area contributed by atoms with Crippen LogP contribution in [-0.2, 0) is 9.59 Å². The van der Waals surface area contributed by atoms with Crippen molar-refractivity contribution in [3.05, 3.63) is 0 Å². The molecular weight excluding hydrogens is 285 g/mol. The molecule has 0 radical (unpaired) electrons. The van der Waals surface area contributed by atoms with Gasteiger partial charge < -0.3 is 9.80 Å². The van der Waals surface area contributed by atoms with Crippen LogP contribution in [0.5, 0.6) is 0 Å². The van der Waals surface area contributed by atoms with E-state index in [9.17, 15) is 22.8 Å². The van der Waals surface area contributed by atoms with Crippen molar-refractivity contribution in [2.24, 2.45) is 0 Å². The van der Waals surface area contributed by atoms with Gasteiger partial charge in [0.15, 0.2) is 0 Å². The van der Waals surface area contributed by atoms with Crippen molar-refractivity contribution in [2.45, 2.75) is 63.7 Å². The molecule has 0 bridgehead atoms. The van der Waals surface area contributed by atoms with Crippen molar-refractivity contribution >= 4 is 11.8 Å². The number of halogens is 3. The number of carbonyl (C=O) groups is 2. The van der Waals surface area contributed by atoms with Crippen LogP contribution in [0.3, 0.4) is 0 Å². The van der Waals surface area contributed by atoms with Crippen LogP contribution >= 0.6 is 0 Å². The Hall–Kier alpha value is -1.27. The third-order valence-electron chi connectivity index (χ3n) is 4.26. The first kappa shape index (κ1) is 16.1. The van der Waals surface area contributed by atoms with Crippen LogP contribution < -0.4 is 0 Å². The predicted molar refractivity (Wildman–Crippen MR) is 70.4 cm³/mol. The fourth-order valence-electron chi connectivity index (χ4n) is 3.23. The number of hydrogen-bond donors (Lipinski definition) is 0. The Labute approximate surface area is 122 Å². The molecule has 0 aliphatic carbocycles. The SMILES string of the molecule is CCC1C(=O)N2CCCC2C(=O)N1CCCCC(F)(F)F. The molecule has 2 aliphatic heterocycles. The van der Waals surface area contributed by atoms with Gasteiger partial charge >= 0.3 is 6.18 Å². The van der Waals surface area contributed by atoms with Gasteiger partial charge in [0, 0.05) is 19.5 Å². The first-order valence-electron chi connectivity index (χ1n) is 7.53. The third kappa shape index (κ3) is 3.49. The van der Waals surface area contributed by atoms with Gasteiger partial charge in [-0.3, -0.25) is 9.59 Å². The largest absolute Gasteiger partial charge is 0.389 e. The Bertz CT molecular complexity index is 412. The van der Waals surface area contributed by atoms with Crippen LogP contribution in [0.15, 0.2) is 0 Å². The number of nitrogens with zero attached hydrogens (tertiary/aromatic N) is 2. The zero-order chi connectivity index (χ0) is 15.6. The van der Waals surface area contributed by atoms with E-state index in [4.69, 9.17) is 0 Å². The van der Waals surface area contributed by atoms with E-state index in [0.717, 1.165) is 6.42 Å². The van der Waals surface area contributed by atoms with Crippen LogP contribution in [0.2, 0.25) is 0 Å². The average Bonchev–Trinajstić information content (AvgIpc) is 2.88. The molecule has 2 heterocycles. The molecule has 0 aromatic heterocycles. The van der Waals surface area contributed by atoms with Crippen LogP contribution in [0, 0.1) is 0 Å². The molecule has 2 unspecified atom stereocenters. The number of fused-ring (bicyclic) bond motifs is 1. The first-order valence-corrected chi connectivity index (χ1v) is 7.53. The van der Waals surface area contributed by atoms with E-state index in [0.29, 0.717) is 19.4 Å². The summed E-state index contributed by atoms with van der Waals surface area (Å²) in [5.41, 5.74) is 0. The Morgan fingerprint density at radius 3 is 2.52 bits per heavy atom. The van der Waals surface area contributed by atoms with Crippen molar-refractivity contribution in [2.75, 3.05) is 13.1 Å². The maximum Gasteiger partial charge on any atom is 0.389 e. The first-order chi connectivity index (χ1) is 9.85. The number of rotatable bonds is 5. The Morgan fingerprint density at radius 1 is 1.19 bits per heavy atom. The molecule has 0 saturated carbocycles. The summed E-state index contributed by atoms with van der Waals surface area (Å²) in [6.45, 7) is 2.69. The maximum absolute atomic E-state index is 12.4. The minimum absolute atomic E-state index is 0.00765. The van der Waals surface area contributed by atoms with Gasteiger partial charge in [-0.2, -0.15) is 13.2 Å². The Kier molecular flexibility index (Phi) is 4.78. The molecule has 0 aromatic carbocycles. The van der Waals surface area contributed by atoms with E-state index in [1.807, 2.05) is 6.92 Å². The highest BCUT2D eigenvalue weighted by Gasteiger charge is 2.46. The maximum atomic E-state index is 12.4. The molecule has 0 N–H and O–H groups in total. The van der Waals surface area contributed by atoms with Gasteiger partial charge in [-0.1, -0.05) is 6.92 Å². The number of piperazine rings is 1.